The second-order valence-corrected chi connectivity index (χ2v) is 21.1. The highest BCUT2D eigenvalue weighted by Crippen LogP contribution is 2.52. The zero-order valence-corrected chi connectivity index (χ0v) is 44.6. The van der Waals surface area contributed by atoms with Crippen molar-refractivity contribution in [3.8, 4) is 44.5 Å². The maximum atomic E-state index is 7.11. The highest BCUT2D eigenvalue weighted by Gasteiger charge is 2.27. The van der Waals surface area contributed by atoms with Crippen molar-refractivity contribution < 1.29 is 8.83 Å². The van der Waals surface area contributed by atoms with Gasteiger partial charge in [-0.05, 0) is 104 Å². The maximum absolute atomic E-state index is 7.11. The van der Waals surface area contributed by atoms with Crippen molar-refractivity contribution in [2.75, 3.05) is 9.80 Å². The van der Waals surface area contributed by atoms with Gasteiger partial charge in [-0.15, -0.1) is 0 Å². The minimum atomic E-state index is 0.857. The van der Waals surface area contributed by atoms with Gasteiger partial charge in [-0.2, -0.15) is 0 Å². The summed E-state index contributed by atoms with van der Waals surface area (Å²) in [7, 11) is 0. The summed E-state index contributed by atoms with van der Waals surface area (Å²) in [4.78, 5) is 4.90. The SMILES string of the molecule is c1ccc(-c2cccc3c2oc2c(-c4ccccc4)cc(N(c4ccccc4)c4cc5cc(N(c6ccccc6)c6cc(-c7ccccc7)c7oc8c(-c9ccccc9)cccc8c7c6)c6ccccc6c5c5ccccc45)cc23)cc1. The smallest absolute Gasteiger partial charge is 0.143 e. The molecule has 4 nitrogen and oxygen atoms in total. The molecule has 16 aromatic rings. The zero-order chi connectivity index (χ0) is 54.1. The number of rotatable bonds is 10. The van der Waals surface area contributed by atoms with Gasteiger partial charge >= 0.3 is 0 Å². The summed E-state index contributed by atoms with van der Waals surface area (Å²) >= 11 is 0. The van der Waals surface area contributed by atoms with Gasteiger partial charge in [0.15, 0.2) is 0 Å². The third-order valence-corrected chi connectivity index (χ3v) is 16.4. The third kappa shape index (κ3) is 7.76. The Labute approximate surface area is 474 Å². The van der Waals surface area contributed by atoms with Crippen molar-refractivity contribution in [3.05, 3.63) is 303 Å². The first-order valence-electron chi connectivity index (χ1n) is 28.0. The number of nitrogens with zero attached hydrogens (tertiary/aromatic N) is 2. The van der Waals surface area contributed by atoms with Crippen LogP contribution in [0.25, 0.3) is 121 Å². The number of para-hydroxylation sites is 4. The molecule has 0 aliphatic rings. The molecule has 0 radical (unpaired) electrons. The van der Waals surface area contributed by atoms with E-state index in [4.69, 9.17) is 8.83 Å². The Kier molecular flexibility index (Phi) is 11.2. The normalized spacial score (nSPS) is 11.7. The van der Waals surface area contributed by atoms with Crippen molar-refractivity contribution in [2.24, 2.45) is 0 Å². The first-order chi connectivity index (χ1) is 40.7. The van der Waals surface area contributed by atoms with Crippen LogP contribution in [-0.4, -0.2) is 0 Å². The molecule has 82 heavy (non-hydrogen) atoms. The van der Waals surface area contributed by atoms with E-state index >= 15 is 0 Å². The van der Waals surface area contributed by atoms with Crippen LogP contribution in [0.5, 0.6) is 0 Å². The molecule has 14 aromatic carbocycles. The quantitative estimate of drug-likeness (QED) is 0.128. The average Bonchev–Trinajstić information content (AvgIpc) is 4.25. The predicted octanol–water partition coefficient (Wildman–Crippen LogP) is 22.6. The predicted molar refractivity (Wildman–Crippen MR) is 345 cm³/mol. The molecule has 384 valence electrons. The summed E-state index contributed by atoms with van der Waals surface area (Å²) in [6.07, 6.45) is 0. The fourth-order valence-corrected chi connectivity index (χ4v) is 12.7. The molecule has 2 aromatic heterocycles. The van der Waals surface area contributed by atoms with E-state index < -0.39 is 0 Å². The van der Waals surface area contributed by atoms with Crippen LogP contribution in [0.2, 0.25) is 0 Å². The fourth-order valence-electron chi connectivity index (χ4n) is 12.7. The Morgan fingerprint density at radius 1 is 0.207 bits per heavy atom. The Morgan fingerprint density at radius 3 is 0.890 bits per heavy atom. The standard InChI is InChI=1S/C78H50N2O2/c1-7-25-51(26-8-1)60-41-23-43-66-70-49-58(47-68(77(70)81-75(60)66)53-29-11-3-12-30-53)79(56-33-15-5-16-34-56)72-45-55-46-73(63-38-20-22-40-65(63)74(55)64-39-21-19-37-62(64)72)80(57-35-17-6-18-36-57)59-48-69(54-31-13-4-14-32-54)78-71(50-59)67-44-24-42-61(76(67)82-78)52-27-9-2-10-28-52/h1-50H. The Bertz CT molecular complexity index is 4760. The molecule has 0 spiro atoms. The van der Waals surface area contributed by atoms with Crippen molar-refractivity contribution in [3.63, 3.8) is 0 Å². The topological polar surface area (TPSA) is 32.8 Å². The van der Waals surface area contributed by atoms with Gasteiger partial charge in [0.25, 0.3) is 0 Å². The number of anilines is 6. The second kappa shape index (κ2) is 19.5. The van der Waals surface area contributed by atoms with Crippen LogP contribution in [0, 0.1) is 0 Å². The summed E-state index contributed by atoms with van der Waals surface area (Å²) in [6.45, 7) is 0. The van der Waals surface area contributed by atoms with Gasteiger partial charge in [-0.25, -0.2) is 0 Å². The zero-order valence-electron chi connectivity index (χ0n) is 44.6. The minimum Gasteiger partial charge on any atom is -0.455 e. The van der Waals surface area contributed by atoms with Crippen LogP contribution in [0.1, 0.15) is 0 Å². The molecule has 0 amide bonds. The van der Waals surface area contributed by atoms with Crippen LogP contribution in [-0.2, 0) is 0 Å². The third-order valence-electron chi connectivity index (χ3n) is 16.4. The van der Waals surface area contributed by atoms with Crippen molar-refractivity contribution in [2.45, 2.75) is 0 Å². The van der Waals surface area contributed by atoms with E-state index in [0.717, 1.165) is 139 Å². The van der Waals surface area contributed by atoms with Crippen LogP contribution in [0.4, 0.5) is 34.1 Å². The van der Waals surface area contributed by atoms with Gasteiger partial charge < -0.3 is 18.6 Å². The molecular formula is C78H50N2O2. The second-order valence-electron chi connectivity index (χ2n) is 21.1. The summed E-state index contributed by atoms with van der Waals surface area (Å²) in [6, 6.07) is 109. The van der Waals surface area contributed by atoms with Gasteiger partial charge in [0.05, 0.1) is 11.4 Å². The molecule has 0 N–H and O–H groups in total. The van der Waals surface area contributed by atoms with E-state index in [2.05, 4.69) is 313 Å². The van der Waals surface area contributed by atoms with E-state index in [-0.39, 0.29) is 0 Å². The van der Waals surface area contributed by atoms with Gasteiger partial charge in [-0.1, -0.05) is 243 Å². The van der Waals surface area contributed by atoms with E-state index in [0.29, 0.717) is 0 Å². The van der Waals surface area contributed by atoms with Gasteiger partial charge in [0.2, 0.25) is 0 Å². The summed E-state index contributed by atoms with van der Waals surface area (Å²) < 4.78 is 14.2. The first kappa shape index (κ1) is 47.1. The van der Waals surface area contributed by atoms with E-state index in [1.807, 2.05) is 0 Å². The highest BCUT2D eigenvalue weighted by molar-refractivity contribution is 6.27. The van der Waals surface area contributed by atoms with Crippen LogP contribution in [0.15, 0.2) is 312 Å². The van der Waals surface area contributed by atoms with Crippen LogP contribution >= 0.6 is 0 Å². The lowest BCUT2D eigenvalue weighted by atomic mass is 9.92. The summed E-state index contributed by atoms with van der Waals surface area (Å²) in [5.41, 5.74) is 18.3. The minimum absolute atomic E-state index is 0.857. The lowest BCUT2D eigenvalue weighted by Crippen LogP contribution is -2.12. The van der Waals surface area contributed by atoms with E-state index in [9.17, 15) is 0 Å². The number of benzene rings is 14. The Hall–Kier alpha value is -10.9. The van der Waals surface area contributed by atoms with Gasteiger partial charge in [0.1, 0.15) is 22.3 Å². The van der Waals surface area contributed by atoms with Crippen molar-refractivity contribution >= 4 is 110 Å². The lowest BCUT2D eigenvalue weighted by molar-refractivity contribution is 0.670. The summed E-state index contributed by atoms with van der Waals surface area (Å²) in [5, 5.41) is 11.2. The number of fused-ring (bicyclic) bond motifs is 11. The fraction of sp³-hybridized carbons (Fsp3) is 0. The monoisotopic (exact) mass is 1050 g/mol. The van der Waals surface area contributed by atoms with Crippen LogP contribution < -0.4 is 9.80 Å². The molecule has 2 heterocycles. The number of hydrogen-bond acceptors (Lipinski definition) is 4. The molecule has 0 aliphatic carbocycles. The van der Waals surface area contributed by atoms with Gasteiger partial charge in [0, 0.05) is 77.3 Å². The lowest BCUT2D eigenvalue weighted by Gasteiger charge is -2.30. The molecule has 0 unspecified atom stereocenters. The molecule has 4 heteroatoms. The Balaban J connectivity index is 0.974. The molecule has 0 bridgehead atoms. The van der Waals surface area contributed by atoms with Gasteiger partial charge in [-0.3, -0.25) is 0 Å². The Morgan fingerprint density at radius 2 is 0.512 bits per heavy atom. The molecule has 0 saturated heterocycles. The van der Waals surface area contributed by atoms with Crippen molar-refractivity contribution in [1.29, 1.82) is 0 Å². The molecule has 16 rings (SSSR count). The average molecular weight is 1050 g/mol. The molecule has 0 saturated carbocycles. The van der Waals surface area contributed by atoms with Crippen LogP contribution in [0.3, 0.4) is 0 Å². The number of furan rings is 2. The largest absolute Gasteiger partial charge is 0.455 e. The summed E-state index contributed by atoms with van der Waals surface area (Å²) in [5.74, 6) is 0. The molecule has 0 aliphatic heterocycles. The molecular weight excluding hydrogens is 997 g/mol. The molecule has 0 atom stereocenters. The maximum Gasteiger partial charge on any atom is 0.143 e. The van der Waals surface area contributed by atoms with Crippen molar-refractivity contribution in [1.82, 2.24) is 0 Å². The highest BCUT2D eigenvalue weighted by atomic mass is 16.3. The first-order valence-corrected chi connectivity index (χ1v) is 28.0. The molecule has 0 fully saturated rings. The number of hydrogen-bond donors (Lipinski definition) is 0. The van der Waals surface area contributed by atoms with E-state index in [1.54, 1.807) is 0 Å². The van der Waals surface area contributed by atoms with E-state index in [1.165, 1.54) is 16.2 Å².